The molecule has 0 fully saturated rings. The number of hydrogen-bond donors (Lipinski definition) is 0. The van der Waals surface area contributed by atoms with Crippen LogP contribution < -0.4 is 4.90 Å². The van der Waals surface area contributed by atoms with Crippen molar-refractivity contribution in [1.82, 2.24) is 0 Å². The summed E-state index contributed by atoms with van der Waals surface area (Å²) in [6.45, 7) is 1.04. The number of anilines is 1. The standard InChI is InChI=1S/C14H18ClN/c1-16(11-12-5-3-2-4-6-12)14-9-7-13(15)8-10-14/h5,7-10H,2-4,6,11H2,1H3. The average molecular weight is 236 g/mol. The number of allylic oxidation sites excluding steroid dienone is 1. The Morgan fingerprint density at radius 2 is 1.94 bits per heavy atom. The van der Waals surface area contributed by atoms with Crippen molar-refractivity contribution in [2.24, 2.45) is 0 Å². The van der Waals surface area contributed by atoms with Crippen LogP contribution in [0.2, 0.25) is 5.02 Å². The van der Waals surface area contributed by atoms with Crippen molar-refractivity contribution in [3.63, 3.8) is 0 Å². The lowest BCUT2D eigenvalue weighted by molar-refractivity contribution is 0.685. The molecule has 1 aliphatic rings. The van der Waals surface area contributed by atoms with E-state index in [1.807, 2.05) is 12.1 Å². The summed E-state index contributed by atoms with van der Waals surface area (Å²) in [5, 5.41) is 0.800. The van der Waals surface area contributed by atoms with Gasteiger partial charge in [-0.05, 0) is 49.9 Å². The molecular weight excluding hydrogens is 218 g/mol. The van der Waals surface area contributed by atoms with Gasteiger partial charge in [0, 0.05) is 24.3 Å². The first-order valence-corrected chi connectivity index (χ1v) is 6.28. The summed E-state index contributed by atoms with van der Waals surface area (Å²) >= 11 is 5.88. The Hall–Kier alpha value is -0.950. The third-order valence-corrected chi connectivity index (χ3v) is 3.34. The van der Waals surface area contributed by atoms with Gasteiger partial charge in [-0.2, -0.15) is 0 Å². The Kier molecular flexibility index (Phi) is 3.89. The highest BCUT2D eigenvalue weighted by atomic mass is 35.5. The third-order valence-electron chi connectivity index (χ3n) is 3.09. The summed E-state index contributed by atoms with van der Waals surface area (Å²) in [7, 11) is 2.14. The summed E-state index contributed by atoms with van der Waals surface area (Å²) in [6.07, 6.45) is 7.62. The van der Waals surface area contributed by atoms with Gasteiger partial charge in [-0.15, -0.1) is 0 Å². The largest absolute Gasteiger partial charge is 0.371 e. The lowest BCUT2D eigenvalue weighted by Crippen LogP contribution is -2.20. The molecule has 1 aromatic carbocycles. The van der Waals surface area contributed by atoms with E-state index < -0.39 is 0 Å². The lowest BCUT2D eigenvalue weighted by Gasteiger charge is -2.23. The summed E-state index contributed by atoms with van der Waals surface area (Å²) in [5.74, 6) is 0. The average Bonchev–Trinajstić information content (AvgIpc) is 2.31. The predicted octanol–water partition coefficient (Wildman–Crippen LogP) is 4.28. The van der Waals surface area contributed by atoms with Crippen LogP contribution in [0.4, 0.5) is 5.69 Å². The van der Waals surface area contributed by atoms with E-state index in [4.69, 9.17) is 11.6 Å². The molecule has 0 radical (unpaired) electrons. The lowest BCUT2D eigenvalue weighted by atomic mass is 9.99. The van der Waals surface area contributed by atoms with Crippen LogP contribution in [0.3, 0.4) is 0 Å². The van der Waals surface area contributed by atoms with Gasteiger partial charge < -0.3 is 4.90 Å². The molecule has 0 N–H and O–H groups in total. The number of halogens is 1. The van der Waals surface area contributed by atoms with Crippen molar-refractivity contribution in [1.29, 1.82) is 0 Å². The fourth-order valence-electron chi connectivity index (χ4n) is 2.14. The summed E-state index contributed by atoms with van der Waals surface area (Å²) in [4.78, 5) is 2.29. The van der Waals surface area contributed by atoms with Crippen molar-refractivity contribution in [3.8, 4) is 0 Å². The molecule has 0 unspecified atom stereocenters. The molecule has 0 aromatic heterocycles. The Morgan fingerprint density at radius 1 is 1.19 bits per heavy atom. The summed E-state index contributed by atoms with van der Waals surface area (Å²) in [5.41, 5.74) is 2.81. The van der Waals surface area contributed by atoms with E-state index in [0.717, 1.165) is 11.6 Å². The molecule has 0 atom stereocenters. The van der Waals surface area contributed by atoms with Crippen molar-refractivity contribution in [2.75, 3.05) is 18.5 Å². The Bertz CT molecular complexity index is 367. The van der Waals surface area contributed by atoms with Gasteiger partial charge in [-0.1, -0.05) is 23.3 Å². The third kappa shape index (κ3) is 3.02. The fraction of sp³-hybridized carbons (Fsp3) is 0.429. The second-order valence-corrected chi connectivity index (χ2v) is 4.88. The minimum absolute atomic E-state index is 0.800. The zero-order valence-corrected chi connectivity index (χ0v) is 10.5. The van der Waals surface area contributed by atoms with Crippen LogP contribution in [-0.2, 0) is 0 Å². The second kappa shape index (κ2) is 5.40. The maximum atomic E-state index is 5.88. The normalized spacial score (nSPS) is 15.8. The van der Waals surface area contributed by atoms with Gasteiger partial charge in [0.25, 0.3) is 0 Å². The first-order chi connectivity index (χ1) is 7.75. The molecule has 1 nitrogen and oxygen atoms in total. The van der Waals surface area contributed by atoms with Crippen LogP contribution in [0.15, 0.2) is 35.9 Å². The smallest absolute Gasteiger partial charge is 0.0407 e. The molecule has 0 heterocycles. The van der Waals surface area contributed by atoms with Gasteiger partial charge in [-0.25, -0.2) is 0 Å². The molecule has 16 heavy (non-hydrogen) atoms. The first kappa shape index (κ1) is 11.5. The zero-order chi connectivity index (χ0) is 11.4. The maximum Gasteiger partial charge on any atom is 0.0407 e. The number of benzene rings is 1. The number of hydrogen-bond acceptors (Lipinski definition) is 1. The topological polar surface area (TPSA) is 3.24 Å². The van der Waals surface area contributed by atoms with Crippen molar-refractivity contribution in [3.05, 3.63) is 40.9 Å². The van der Waals surface area contributed by atoms with E-state index >= 15 is 0 Å². The molecule has 1 aliphatic carbocycles. The summed E-state index contributed by atoms with van der Waals surface area (Å²) in [6, 6.07) is 8.04. The second-order valence-electron chi connectivity index (χ2n) is 4.44. The van der Waals surface area contributed by atoms with Crippen molar-refractivity contribution < 1.29 is 0 Å². The molecule has 0 saturated heterocycles. The first-order valence-electron chi connectivity index (χ1n) is 5.90. The molecule has 0 spiro atoms. The molecular formula is C14H18ClN. The fourth-order valence-corrected chi connectivity index (χ4v) is 2.27. The molecule has 2 rings (SSSR count). The van der Waals surface area contributed by atoms with Crippen LogP contribution >= 0.6 is 11.6 Å². The van der Waals surface area contributed by atoms with Crippen LogP contribution in [0.1, 0.15) is 25.7 Å². The minimum atomic E-state index is 0.800. The molecule has 0 amide bonds. The van der Waals surface area contributed by atoms with Crippen LogP contribution in [0, 0.1) is 0 Å². The van der Waals surface area contributed by atoms with Gasteiger partial charge in [0.05, 0.1) is 0 Å². The highest BCUT2D eigenvalue weighted by Crippen LogP contribution is 2.21. The molecule has 2 heteroatoms. The van der Waals surface area contributed by atoms with Gasteiger partial charge >= 0.3 is 0 Å². The molecule has 86 valence electrons. The minimum Gasteiger partial charge on any atom is -0.371 e. The SMILES string of the molecule is CN(CC1=CCCCC1)c1ccc(Cl)cc1. The van der Waals surface area contributed by atoms with Gasteiger partial charge in [0.1, 0.15) is 0 Å². The monoisotopic (exact) mass is 235 g/mol. The number of rotatable bonds is 3. The molecule has 0 aliphatic heterocycles. The zero-order valence-electron chi connectivity index (χ0n) is 9.75. The maximum absolute atomic E-state index is 5.88. The van der Waals surface area contributed by atoms with Crippen LogP contribution in [-0.4, -0.2) is 13.6 Å². The van der Waals surface area contributed by atoms with E-state index in [0.29, 0.717) is 0 Å². The van der Waals surface area contributed by atoms with E-state index in [1.54, 1.807) is 5.57 Å². The Balaban J connectivity index is 1.99. The van der Waals surface area contributed by atoms with Crippen LogP contribution in [0.5, 0.6) is 0 Å². The van der Waals surface area contributed by atoms with E-state index in [2.05, 4.69) is 30.2 Å². The highest BCUT2D eigenvalue weighted by Gasteiger charge is 2.07. The molecule has 1 aromatic rings. The van der Waals surface area contributed by atoms with E-state index in [9.17, 15) is 0 Å². The van der Waals surface area contributed by atoms with Crippen molar-refractivity contribution in [2.45, 2.75) is 25.7 Å². The number of likely N-dealkylation sites (N-methyl/N-ethyl adjacent to an activating group) is 1. The highest BCUT2D eigenvalue weighted by molar-refractivity contribution is 6.30. The predicted molar refractivity (Wildman–Crippen MR) is 71.3 cm³/mol. The van der Waals surface area contributed by atoms with Crippen molar-refractivity contribution >= 4 is 17.3 Å². The summed E-state index contributed by atoms with van der Waals surface area (Å²) < 4.78 is 0. The molecule has 0 saturated carbocycles. The van der Waals surface area contributed by atoms with Gasteiger partial charge in [-0.3, -0.25) is 0 Å². The molecule has 0 bridgehead atoms. The number of nitrogens with zero attached hydrogens (tertiary/aromatic N) is 1. The van der Waals surface area contributed by atoms with E-state index in [-0.39, 0.29) is 0 Å². The van der Waals surface area contributed by atoms with Gasteiger partial charge in [0.2, 0.25) is 0 Å². The van der Waals surface area contributed by atoms with E-state index in [1.165, 1.54) is 31.4 Å². The van der Waals surface area contributed by atoms with Crippen LogP contribution in [0.25, 0.3) is 0 Å². The van der Waals surface area contributed by atoms with Gasteiger partial charge in [0.15, 0.2) is 0 Å². The Morgan fingerprint density at radius 3 is 2.56 bits per heavy atom. The Labute approximate surface area is 103 Å². The quantitative estimate of drug-likeness (QED) is 0.707.